The Morgan fingerprint density at radius 1 is 1.10 bits per heavy atom. The average Bonchev–Trinajstić information content (AvgIpc) is 2.87. The Morgan fingerprint density at radius 3 is 2.38 bits per heavy atom. The highest BCUT2D eigenvalue weighted by Crippen LogP contribution is 2.26. The molecule has 1 heterocycles. The summed E-state index contributed by atoms with van der Waals surface area (Å²) in [4.78, 5) is 24.1. The number of nitrogens with zero attached hydrogens (tertiary/aromatic N) is 2. The van der Waals surface area contributed by atoms with Crippen LogP contribution in [0.5, 0.6) is 0 Å². The van der Waals surface area contributed by atoms with Crippen molar-refractivity contribution in [1.29, 1.82) is 0 Å². The van der Waals surface area contributed by atoms with Crippen molar-refractivity contribution in [2.24, 2.45) is 7.05 Å². The summed E-state index contributed by atoms with van der Waals surface area (Å²) in [5.74, 6) is -0.390. The van der Waals surface area contributed by atoms with E-state index in [2.05, 4.69) is 10.0 Å². The smallest absolute Gasteiger partial charge is 0.296 e. The monoisotopic (exact) mass is 434 g/mol. The predicted molar refractivity (Wildman–Crippen MR) is 112 cm³/mol. The number of amides is 1. The van der Waals surface area contributed by atoms with Crippen LogP contribution in [-0.4, -0.2) is 23.7 Å². The summed E-state index contributed by atoms with van der Waals surface area (Å²) < 4.78 is 31.1. The molecule has 0 unspecified atom stereocenters. The second-order valence-electron chi connectivity index (χ2n) is 6.36. The molecule has 2 aromatic carbocycles. The van der Waals surface area contributed by atoms with E-state index in [1.165, 1.54) is 29.8 Å². The predicted octanol–water partition coefficient (Wildman–Crippen LogP) is 2.90. The van der Waals surface area contributed by atoms with Crippen molar-refractivity contribution in [2.45, 2.75) is 18.7 Å². The van der Waals surface area contributed by atoms with Gasteiger partial charge in [0.05, 0.1) is 27.0 Å². The maximum Gasteiger partial charge on any atom is 0.296 e. The Hall–Kier alpha value is -3.04. The molecular weight excluding hydrogens is 416 g/mol. The Morgan fingerprint density at radius 2 is 1.76 bits per heavy atom. The van der Waals surface area contributed by atoms with Gasteiger partial charge in [-0.05, 0) is 37.3 Å². The summed E-state index contributed by atoms with van der Waals surface area (Å²) in [6, 6.07) is 12.8. The lowest BCUT2D eigenvalue weighted by molar-refractivity contribution is -0.114. The fourth-order valence-electron chi connectivity index (χ4n) is 2.84. The standard InChI is InChI=1S/C19H19ClN4O4S/c1-12-18(19(26)24(23(12)3)14-7-5-4-6-8-14)22-29(27,28)15-9-10-16(20)17(11-15)21-13(2)25/h4-11,22H,1-3H3,(H,21,25). The molecule has 0 aliphatic carbocycles. The number of carbonyl (C=O) groups is 1. The molecule has 1 aromatic heterocycles. The van der Waals surface area contributed by atoms with Crippen molar-refractivity contribution >= 4 is 38.9 Å². The number of hydrogen-bond acceptors (Lipinski definition) is 4. The van der Waals surface area contributed by atoms with Gasteiger partial charge in [0.1, 0.15) is 5.69 Å². The number of aromatic nitrogens is 2. The van der Waals surface area contributed by atoms with E-state index in [1.54, 1.807) is 42.9 Å². The molecule has 0 aliphatic rings. The second kappa shape index (κ2) is 7.76. The SMILES string of the molecule is CC(=O)Nc1cc(S(=O)(=O)Nc2c(C)n(C)n(-c3ccccc3)c2=O)ccc1Cl. The first-order valence-electron chi connectivity index (χ1n) is 8.56. The number of nitrogens with one attached hydrogen (secondary N) is 2. The molecule has 0 saturated carbocycles. The third-order valence-corrected chi connectivity index (χ3v) is 6.03. The first-order valence-corrected chi connectivity index (χ1v) is 10.4. The van der Waals surface area contributed by atoms with E-state index < -0.39 is 15.6 Å². The number of sulfonamides is 1. The largest absolute Gasteiger partial charge is 0.325 e. The molecular formula is C19H19ClN4O4S. The maximum absolute atomic E-state index is 12.9. The lowest BCUT2D eigenvalue weighted by Gasteiger charge is -2.10. The Labute approximate surface area is 172 Å². The molecule has 1 amide bonds. The van der Waals surface area contributed by atoms with E-state index in [0.29, 0.717) is 11.4 Å². The van der Waals surface area contributed by atoms with Crippen LogP contribution in [0.2, 0.25) is 5.02 Å². The van der Waals surface area contributed by atoms with Gasteiger partial charge in [-0.3, -0.25) is 19.0 Å². The topological polar surface area (TPSA) is 102 Å². The van der Waals surface area contributed by atoms with Gasteiger partial charge in [-0.2, -0.15) is 0 Å². The molecule has 0 saturated heterocycles. The zero-order chi connectivity index (χ0) is 21.3. The molecule has 8 nitrogen and oxygen atoms in total. The van der Waals surface area contributed by atoms with Crippen molar-refractivity contribution in [2.75, 3.05) is 10.0 Å². The summed E-state index contributed by atoms with van der Waals surface area (Å²) in [6.45, 7) is 2.93. The van der Waals surface area contributed by atoms with Crippen LogP contribution >= 0.6 is 11.6 Å². The fraction of sp³-hybridized carbons (Fsp3) is 0.158. The highest BCUT2D eigenvalue weighted by molar-refractivity contribution is 7.92. The first kappa shape index (κ1) is 20.7. The minimum absolute atomic E-state index is 0.0626. The molecule has 0 atom stereocenters. The zero-order valence-corrected chi connectivity index (χ0v) is 17.5. The van der Waals surface area contributed by atoms with Gasteiger partial charge in [0.2, 0.25) is 5.91 Å². The molecule has 152 valence electrons. The van der Waals surface area contributed by atoms with Gasteiger partial charge in [0, 0.05) is 14.0 Å². The van der Waals surface area contributed by atoms with E-state index in [9.17, 15) is 18.0 Å². The minimum atomic E-state index is -4.11. The molecule has 3 rings (SSSR count). The number of anilines is 2. The molecule has 10 heteroatoms. The maximum atomic E-state index is 12.9. The van der Waals surface area contributed by atoms with E-state index >= 15 is 0 Å². The average molecular weight is 435 g/mol. The summed E-state index contributed by atoms with van der Waals surface area (Å²) in [5, 5.41) is 2.67. The van der Waals surface area contributed by atoms with Gasteiger partial charge in [-0.15, -0.1) is 0 Å². The van der Waals surface area contributed by atoms with Crippen LogP contribution in [0.15, 0.2) is 58.2 Å². The third kappa shape index (κ3) is 4.06. The minimum Gasteiger partial charge on any atom is -0.325 e. The summed E-state index contributed by atoms with van der Waals surface area (Å²) in [6.07, 6.45) is 0. The summed E-state index contributed by atoms with van der Waals surface area (Å²) in [5.41, 5.74) is 0.642. The van der Waals surface area contributed by atoms with Crippen molar-refractivity contribution in [3.8, 4) is 5.69 Å². The number of carbonyl (C=O) groups excluding carboxylic acids is 1. The zero-order valence-electron chi connectivity index (χ0n) is 15.9. The number of hydrogen-bond donors (Lipinski definition) is 2. The number of halogens is 1. The van der Waals surface area contributed by atoms with Gasteiger partial charge in [0.15, 0.2) is 0 Å². The lowest BCUT2D eigenvalue weighted by atomic mass is 10.3. The van der Waals surface area contributed by atoms with Crippen molar-refractivity contribution in [1.82, 2.24) is 9.36 Å². The van der Waals surface area contributed by atoms with E-state index in [0.717, 1.165) is 0 Å². The van der Waals surface area contributed by atoms with Crippen LogP contribution in [0, 0.1) is 6.92 Å². The van der Waals surface area contributed by atoms with Gasteiger partial charge < -0.3 is 5.32 Å². The normalized spacial score (nSPS) is 11.3. The second-order valence-corrected chi connectivity index (χ2v) is 8.45. The summed E-state index contributed by atoms with van der Waals surface area (Å²) in [7, 11) is -2.44. The van der Waals surface area contributed by atoms with Gasteiger partial charge in [-0.25, -0.2) is 13.1 Å². The Balaban J connectivity index is 2.04. The van der Waals surface area contributed by atoms with Crippen LogP contribution in [0.3, 0.4) is 0 Å². The fourth-order valence-corrected chi connectivity index (χ4v) is 4.14. The first-order chi connectivity index (χ1) is 13.6. The molecule has 0 bridgehead atoms. The van der Waals surface area contributed by atoms with Crippen LogP contribution in [0.1, 0.15) is 12.6 Å². The highest BCUT2D eigenvalue weighted by atomic mass is 35.5. The summed E-state index contributed by atoms with van der Waals surface area (Å²) >= 11 is 6.01. The Bertz CT molecular complexity index is 1250. The van der Waals surface area contributed by atoms with Crippen LogP contribution in [0.25, 0.3) is 5.69 Å². The van der Waals surface area contributed by atoms with Gasteiger partial charge in [-0.1, -0.05) is 29.8 Å². The van der Waals surface area contributed by atoms with Crippen LogP contribution in [0.4, 0.5) is 11.4 Å². The molecule has 0 fully saturated rings. The molecule has 0 aliphatic heterocycles. The number of benzene rings is 2. The third-order valence-electron chi connectivity index (χ3n) is 4.35. The van der Waals surface area contributed by atoms with Crippen LogP contribution < -0.4 is 15.6 Å². The van der Waals surface area contributed by atoms with E-state index in [1.807, 2.05) is 6.07 Å². The molecule has 0 radical (unpaired) electrons. The molecule has 3 aromatic rings. The number of rotatable bonds is 5. The quantitative estimate of drug-likeness (QED) is 0.644. The van der Waals surface area contributed by atoms with E-state index in [4.69, 9.17) is 11.6 Å². The number of para-hydroxylation sites is 1. The lowest BCUT2D eigenvalue weighted by Crippen LogP contribution is -2.23. The highest BCUT2D eigenvalue weighted by Gasteiger charge is 2.23. The Kier molecular flexibility index (Phi) is 5.54. The molecule has 0 spiro atoms. The van der Waals surface area contributed by atoms with Gasteiger partial charge >= 0.3 is 0 Å². The molecule has 29 heavy (non-hydrogen) atoms. The van der Waals surface area contributed by atoms with Crippen LogP contribution in [-0.2, 0) is 21.9 Å². The van der Waals surface area contributed by atoms with Crippen molar-refractivity contribution in [3.05, 3.63) is 69.6 Å². The van der Waals surface area contributed by atoms with Gasteiger partial charge in [0.25, 0.3) is 15.6 Å². The van der Waals surface area contributed by atoms with Crippen molar-refractivity contribution in [3.63, 3.8) is 0 Å². The van der Waals surface area contributed by atoms with E-state index in [-0.39, 0.29) is 27.2 Å². The molecule has 2 N–H and O–H groups in total. The van der Waals surface area contributed by atoms with Crippen molar-refractivity contribution < 1.29 is 13.2 Å².